The summed E-state index contributed by atoms with van der Waals surface area (Å²) >= 11 is 0. The van der Waals surface area contributed by atoms with Crippen LogP contribution in [0, 0.1) is 0 Å². The Balaban J connectivity index is 2.02. The lowest BCUT2D eigenvalue weighted by molar-refractivity contribution is -0.143. The molecule has 0 radical (unpaired) electrons. The number of aromatic amines is 1. The van der Waals surface area contributed by atoms with E-state index in [0.717, 1.165) is 25.1 Å². The fourth-order valence-electron chi connectivity index (χ4n) is 1.94. The van der Waals surface area contributed by atoms with Crippen molar-refractivity contribution in [2.45, 2.75) is 39.0 Å². The van der Waals surface area contributed by atoms with Gasteiger partial charge in [0, 0.05) is 12.5 Å². The summed E-state index contributed by atoms with van der Waals surface area (Å²) in [5, 5.41) is 6.75. The van der Waals surface area contributed by atoms with Crippen molar-refractivity contribution >= 4 is 11.9 Å². The van der Waals surface area contributed by atoms with Crippen molar-refractivity contribution in [3.05, 3.63) is 11.6 Å². The van der Waals surface area contributed by atoms with Gasteiger partial charge in [0.2, 0.25) is 5.82 Å². The highest BCUT2D eigenvalue weighted by Crippen LogP contribution is 2.37. The van der Waals surface area contributed by atoms with E-state index in [-0.39, 0.29) is 18.3 Å². The van der Waals surface area contributed by atoms with Gasteiger partial charge in [0.1, 0.15) is 12.4 Å². The zero-order valence-electron chi connectivity index (χ0n) is 11.9. The van der Waals surface area contributed by atoms with Gasteiger partial charge in [0.05, 0.1) is 6.61 Å². The molecule has 1 aliphatic rings. The normalized spacial score (nSPS) is 14.1. The summed E-state index contributed by atoms with van der Waals surface area (Å²) in [6.45, 7) is 4.40. The number of ether oxygens (including phenoxy) is 1. The van der Waals surface area contributed by atoms with Crippen molar-refractivity contribution in [2.75, 3.05) is 19.7 Å². The molecular weight excluding hydrogens is 260 g/mol. The number of hydrogen-bond donors (Lipinski definition) is 1. The molecule has 1 aromatic rings. The smallest absolute Gasteiger partial charge is 0.325 e. The van der Waals surface area contributed by atoms with E-state index in [0.29, 0.717) is 19.1 Å². The van der Waals surface area contributed by atoms with Crippen LogP contribution in [0.4, 0.5) is 0 Å². The monoisotopic (exact) mass is 280 g/mol. The Labute approximate surface area is 117 Å². The Bertz CT molecular complexity index is 482. The molecule has 1 amide bonds. The van der Waals surface area contributed by atoms with E-state index in [9.17, 15) is 9.59 Å². The minimum atomic E-state index is -0.410. The molecule has 0 unspecified atom stereocenters. The summed E-state index contributed by atoms with van der Waals surface area (Å²) in [7, 11) is 0. The number of H-pyrrole nitrogens is 1. The summed E-state index contributed by atoms with van der Waals surface area (Å²) in [4.78, 5) is 29.5. The van der Waals surface area contributed by atoms with Crippen molar-refractivity contribution in [3.63, 3.8) is 0 Å². The number of carbonyl (C=O) groups is 2. The van der Waals surface area contributed by atoms with Crippen molar-refractivity contribution in [1.82, 2.24) is 20.1 Å². The highest BCUT2D eigenvalue weighted by Gasteiger charge is 2.29. The topological polar surface area (TPSA) is 88.2 Å². The number of aromatic nitrogens is 3. The number of nitrogens with zero attached hydrogens (tertiary/aromatic N) is 3. The molecule has 1 saturated carbocycles. The Kier molecular flexibility index (Phi) is 4.70. The molecule has 1 N–H and O–H groups in total. The highest BCUT2D eigenvalue weighted by atomic mass is 16.5. The highest BCUT2D eigenvalue weighted by molar-refractivity contribution is 5.92. The van der Waals surface area contributed by atoms with Gasteiger partial charge in [-0.25, -0.2) is 4.98 Å². The number of amides is 1. The van der Waals surface area contributed by atoms with E-state index in [1.54, 1.807) is 6.92 Å². The fourth-order valence-corrected chi connectivity index (χ4v) is 1.94. The van der Waals surface area contributed by atoms with Crippen molar-refractivity contribution in [1.29, 1.82) is 0 Å². The van der Waals surface area contributed by atoms with Crippen LogP contribution < -0.4 is 0 Å². The summed E-state index contributed by atoms with van der Waals surface area (Å²) in [6, 6.07) is 0. The summed E-state index contributed by atoms with van der Waals surface area (Å²) in [6.07, 6.45) is 2.93. The van der Waals surface area contributed by atoms with Gasteiger partial charge >= 0.3 is 5.97 Å². The van der Waals surface area contributed by atoms with Gasteiger partial charge in [-0.2, -0.15) is 0 Å². The second-order valence-corrected chi connectivity index (χ2v) is 4.85. The first-order valence-corrected chi connectivity index (χ1v) is 7.02. The van der Waals surface area contributed by atoms with E-state index < -0.39 is 5.97 Å². The summed E-state index contributed by atoms with van der Waals surface area (Å²) in [5.74, 6) is 0.564. The lowest BCUT2D eigenvalue weighted by Gasteiger charge is -2.19. The summed E-state index contributed by atoms with van der Waals surface area (Å²) < 4.78 is 4.88. The lowest BCUT2D eigenvalue weighted by atomic mass is 10.3. The van der Waals surface area contributed by atoms with E-state index in [4.69, 9.17) is 4.74 Å². The Morgan fingerprint density at radius 1 is 1.40 bits per heavy atom. The molecule has 20 heavy (non-hydrogen) atoms. The van der Waals surface area contributed by atoms with Crippen molar-refractivity contribution < 1.29 is 14.3 Å². The molecule has 0 aliphatic heterocycles. The molecule has 0 saturated heterocycles. The molecule has 1 aromatic heterocycles. The van der Waals surface area contributed by atoms with Crippen LogP contribution in [0.1, 0.15) is 55.5 Å². The molecule has 2 rings (SSSR count). The minimum Gasteiger partial charge on any atom is -0.465 e. The van der Waals surface area contributed by atoms with Crippen LogP contribution >= 0.6 is 0 Å². The third-order valence-electron chi connectivity index (χ3n) is 3.06. The number of nitrogens with one attached hydrogen (secondary N) is 1. The first-order valence-electron chi connectivity index (χ1n) is 7.02. The Morgan fingerprint density at radius 2 is 2.15 bits per heavy atom. The second-order valence-electron chi connectivity index (χ2n) is 4.85. The van der Waals surface area contributed by atoms with E-state index >= 15 is 0 Å². The molecule has 1 fully saturated rings. The van der Waals surface area contributed by atoms with Crippen LogP contribution in [0.25, 0.3) is 0 Å². The van der Waals surface area contributed by atoms with Gasteiger partial charge in [-0.05, 0) is 26.2 Å². The van der Waals surface area contributed by atoms with Gasteiger partial charge in [0.15, 0.2) is 0 Å². The molecule has 0 spiro atoms. The lowest BCUT2D eigenvalue weighted by Crippen LogP contribution is -2.37. The maximum absolute atomic E-state index is 12.3. The van der Waals surface area contributed by atoms with Gasteiger partial charge < -0.3 is 9.64 Å². The van der Waals surface area contributed by atoms with Gasteiger partial charge in [-0.3, -0.25) is 14.7 Å². The van der Waals surface area contributed by atoms with Gasteiger partial charge in [0.25, 0.3) is 5.91 Å². The van der Waals surface area contributed by atoms with E-state index in [1.165, 1.54) is 4.90 Å². The quantitative estimate of drug-likeness (QED) is 0.755. The van der Waals surface area contributed by atoms with Gasteiger partial charge in [-0.15, -0.1) is 5.10 Å². The standard InChI is InChI=1S/C13H20N4O3/c1-3-7-17(8-10(18)20-4-2)13(19)12-14-11(15-16-12)9-5-6-9/h9H,3-8H2,1-2H3,(H,14,15,16). The van der Waals surface area contributed by atoms with Crippen LogP contribution in [-0.2, 0) is 9.53 Å². The zero-order valence-corrected chi connectivity index (χ0v) is 11.9. The molecule has 0 aromatic carbocycles. The predicted molar refractivity (Wildman–Crippen MR) is 71.2 cm³/mol. The number of hydrogen-bond acceptors (Lipinski definition) is 5. The Hall–Kier alpha value is -1.92. The van der Waals surface area contributed by atoms with E-state index in [2.05, 4.69) is 15.2 Å². The predicted octanol–water partition coefficient (Wildman–Crippen LogP) is 1.10. The third-order valence-corrected chi connectivity index (χ3v) is 3.06. The average Bonchev–Trinajstić information content (AvgIpc) is 3.16. The van der Waals surface area contributed by atoms with Crippen molar-refractivity contribution in [3.8, 4) is 0 Å². The Morgan fingerprint density at radius 3 is 2.75 bits per heavy atom. The summed E-state index contributed by atoms with van der Waals surface area (Å²) in [5.41, 5.74) is 0. The van der Waals surface area contributed by atoms with Crippen LogP contribution in [0.15, 0.2) is 0 Å². The fraction of sp³-hybridized carbons (Fsp3) is 0.692. The molecule has 0 atom stereocenters. The molecule has 7 heteroatoms. The third kappa shape index (κ3) is 3.55. The van der Waals surface area contributed by atoms with Crippen molar-refractivity contribution in [2.24, 2.45) is 0 Å². The van der Waals surface area contributed by atoms with Crippen LogP contribution in [0.2, 0.25) is 0 Å². The van der Waals surface area contributed by atoms with Crippen LogP contribution in [0.5, 0.6) is 0 Å². The van der Waals surface area contributed by atoms with E-state index in [1.807, 2.05) is 6.92 Å². The number of rotatable bonds is 7. The molecule has 110 valence electrons. The molecular formula is C13H20N4O3. The molecule has 1 aliphatic carbocycles. The first kappa shape index (κ1) is 14.5. The van der Waals surface area contributed by atoms with Crippen LogP contribution in [0.3, 0.4) is 0 Å². The SMILES string of the molecule is CCCN(CC(=O)OCC)C(=O)c1n[nH]c(C2CC2)n1. The largest absolute Gasteiger partial charge is 0.465 e. The number of esters is 1. The second kappa shape index (κ2) is 6.49. The number of carbonyl (C=O) groups excluding carboxylic acids is 2. The maximum Gasteiger partial charge on any atom is 0.325 e. The average molecular weight is 280 g/mol. The maximum atomic E-state index is 12.3. The first-order chi connectivity index (χ1) is 9.65. The molecule has 1 heterocycles. The minimum absolute atomic E-state index is 0.0617. The van der Waals surface area contributed by atoms with Crippen LogP contribution in [-0.4, -0.2) is 51.7 Å². The zero-order chi connectivity index (χ0) is 14.5. The van der Waals surface area contributed by atoms with Gasteiger partial charge in [-0.1, -0.05) is 6.92 Å². The molecule has 0 bridgehead atoms. The molecule has 7 nitrogen and oxygen atoms in total.